The summed E-state index contributed by atoms with van der Waals surface area (Å²) in [5.74, 6) is -2.34. The van der Waals surface area contributed by atoms with Crippen LogP contribution in [-0.4, -0.2) is 22.8 Å². The Hall–Kier alpha value is -3.63. The first kappa shape index (κ1) is 23.0. The maximum absolute atomic E-state index is 13.0. The Morgan fingerprint density at radius 2 is 1.50 bits per heavy atom. The summed E-state index contributed by atoms with van der Waals surface area (Å²) in [6, 6.07) is 9.34. The number of hydrogen-bond acceptors (Lipinski definition) is 3. The molecule has 0 aliphatic heterocycles. The van der Waals surface area contributed by atoms with Gasteiger partial charge in [0.05, 0.1) is 16.6 Å². The zero-order valence-corrected chi connectivity index (χ0v) is 16.1. The highest BCUT2D eigenvalue weighted by Crippen LogP contribution is 2.36. The summed E-state index contributed by atoms with van der Waals surface area (Å²) in [6.45, 7) is 0. The van der Waals surface area contributed by atoms with Crippen LogP contribution >= 0.6 is 0 Å². The standard InChI is InChI=1S/C21H15F6N3O2/c22-20(23,24)13-7-12(8-14(9-13)21(25,26)27)19(32)30-17(18(28)31)10-15-6-5-11-3-1-2-4-16(11)29-15/h1-9,17H,10H2,(H2,28,31)(H,30,32)/t17-/m0/s1. The third-order valence-corrected chi connectivity index (χ3v) is 4.57. The molecule has 5 nitrogen and oxygen atoms in total. The number of para-hydroxylation sites is 1. The molecule has 3 N–H and O–H groups in total. The van der Waals surface area contributed by atoms with Crippen LogP contribution in [0.15, 0.2) is 54.6 Å². The van der Waals surface area contributed by atoms with Crippen LogP contribution in [0.3, 0.4) is 0 Å². The van der Waals surface area contributed by atoms with Gasteiger partial charge in [0.2, 0.25) is 5.91 Å². The molecule has 1 atom stereocenters. The van der Waals surface area contributed by atoms with E-state index in [-0.39, 0.29) is 24.6 Å². The number of amides is 2. The molecule has 0 spiro atoms. The van der Waals surface area contributed by atoms with E-state index in [4.69, 9.17) is 5.73 Å². The van der Waals surface area contributed by atoms with E-state index in [0.29, 0.717) is 11.2 Å². The van der Waals surface area contributed by atoms with Gasteiger partial charge in [-0.25, -0.2) is 0 Å². The third kappa shape index (κ3) is 5.34. The van der Waals surface area contributed by atoms with E-state index in [9.17, 15) is 35.9 Å². The molecule has 0 radical (unpaired) electrons. The van der Waals surface area contributed by atoms with Gasteiger partial charge in [0.25, 0.3) is 5.91 Å². The van der Waals surface area contributed by atoms with Crippen molar-refractivity contribution in [1.82, 2.24) is 10.3 Å². The van der Waals surface area contributed by atoms with Gasteiger partial charge in [-0.15, -0.1) is 0 Å². The summed E-state index contributed by atoms with van der Waals surface area (Å²) in [7, 11) is 0. The second-order valence-corrected chi connectivity index (χ2v) is 6.92. The SMILES string of the molecule is NC(=O)[C@H](Cc1ccc2ccccc2n1)NC(=O)c1cc(C(F)(F)F)cc(C(F)(F)F)c1. The Balaban J connectivity index is 1.89. The topological polar surface area (TPSA) is 85.1 Å². The second-order valence-electron chi connectivity index (χ2n) is 6.92. The number of alkyl halides is 6. The molecule has 2 aromatic carbocycles. The van der Waals surface area contributed by atoms with Crippen molar-refractivity contribution in [2.45, 2.75) is 24.8 Å². The molecule has 0 fully saturated rings. The molecule has 168 valence electrons. The molecule has 0 saturated heterocycles. The van der Waals surface area contributed by atoms with Crippen LogP contribution < -0.4 is 11.1 Å². The highest BCUT2D eigenvalue weighted by Gasteiger charge is 2.37. The molecule has 0 unspecified atom stereocenters. The van der Waals surface area contributed by atoms with Crippen LogP contribution in [0.25, 0.3) is 10.9 Å². The lowest BCUT2D eigenvalue weighted by atomic mass is 10.0. The number of fused-ring (bicyclic) bond motifs is 1. The molecule has 2 amide bonds. The Morgan fingerprint density at radius 1 is 0.906 bits per heavy atom. The van der Waals surface area contributed by atoms with E-state index >= 15 is 0 Å². The van der Waals surface area contributed by atoms with E-state index < -0.39 is 46.9 Å². The summed E-state index contributed by atoms with van der Waals surface area (Å²) in [5, 5.41) is 2.90. The Kier molecular flexibility index (Phi) is 6.11. The van der Waals surface area contributed by atoms with Crippen molar-refractivity contribution >= 4 is 22.7 Å². The molecule has 0 bridgehead atoms. The predicted molar refractivity (Wildman–Crippen MR) is 102 cm³/mol. The number of hydrogen-bond donors (Lipinski definition) is 2. The molecule has 3 aromatic rings. The minimum Gasteiger partial charge on any atom is -0.368 e. The van der Waals surface area contributed by atoms with Crippen LogP contribution in [0.2, 0.25) is 0 Å². The van der Waals surface area contributed by atoms with Crippen LogP contribution in [-0.2, 0) is 23.6 Å². The number of benzene rings is 2. The number of carbonyl (C=O) groups excluding carboxylic acids is 2. The lowest BCUT2D eigenvalue weighted by molar-refractivity contribution is -0.143. The van der Waals surface area contributed by atoms with Gasteiger partial charge in [-0.1, -0.05) is 24.3 Å². The number of nitrogens with zero attached hydrogens (tertiary/aromatic N) is 1. The molecule has 0 aliphatic rings. The molecule has 0 aliphatic carbocycles. The van der Waals surface area contributed by atoms with Crippen LogP contribution in [0, 0.1) is 0 Å². The average Bonchev–Trinajstić information content (AvgIpc) is 2.71. The smallest absolute Gasteiger partial charge is 0.368 e. The summed E-state index contributed by atoms with van der Waals surface area (Å²) in [4.78, 5) is 28.6. The van der Waals surface area contributed by atoms with Crippen molar-refractivity contribution in [3.63, 3.8) is 0 Å². The van der Waals surface area contributed by atoms with Gasteiger partial charge in [0, 0.05) is 23.1 Å². The maximum Gasteiger partial charge on any atom is 0.416 e. The summed E-state index contributed by atoms with van der Waals surface area (Å²) in [5.41, 5.74) is 2.00. The van der Waals surface area contributed by atoms with Crippen molar-refractivity contribution in [3.8, 4) is 0 Å². The fourth-order valence-corrected chi connectivity index (χ4v) is 2.98. The summed E-state index contributed by atoms with van der Waals surface area (Å²) < 4.78 is 78.1. The number of carbonyl (C=O) groups is 2. The van der Waals surface area contributed by atoms with E-state index in [1.165, 1.54) is 0 Å². The van der Waals surface area contributed by atoms with Crippen LogP contribution in [0.5, 0.6) is 0 Å². The number of pyridine rings is 1. The van der Waals surface area contributed by atoms with Crippen molar-refractivity contribution < 1.29 is 35.9 Å². The lowest BCUT2D eigenvalue weighted by Gasteiger charge is -2.17. The average molecular weight is 455 g/mol. The normalized spacial score (nSPS) is 13.1. The largest absolute Gasteiger partial charge is 0.416 e. The molecule has 3 rings (SSSR count). The first-order chi connectivity index (χ1) is 14.8. The van der Waals surface area contributed by atoms with Crippen LogP contribution in [0.1, 0.15) is 27.2 Å². The fourth-order valence-electron chi connectivity index (χ4n) is 2.98. The third-order valence-electron chi connectivity index (χ3n) is 4.57. The van der Waals surface area contributed by atoms with Gasteiger partial charge < -0.3 is 11.1 Å². The fraction of sp³-hybridized carbons (Fsp3) is 0.190. The number of primary amides is 1. The highest BCUT2D eigenvalue weighted by atomic mass is 19.4. The predicted octanol–water partition coefficient (Wildman–Crippen LogP) is 4.10. The Morgan fingerprint density at radius 3 is 2.06 bits per heavy atom. The van der Waals surface area contributed by atoms with E-state index in [1.807, 2.05) is 0 Å². The molecular formula is C21H15F6N3O2. The molecule has 11 heteroatoms. The van der Waals surface area contributed by atoms with Crippen molar-refractivity contribution in [1.29, 1.82) is 0 Å². The van der Waals surface area contributed by atoms with Gasteiger partial charge in [-0.3, -0.25) is 14.6 Å². The Labute approximate surface area is 177 Å². The van der Waals surface area contributed by atoms with Gasteiger partial charge in [-0.05, 0) is 30.3 Å². The number of aromatic nitrogens is 1. The van der Waals surface area contributed by atoms with Crippen LogP contribution in [0.4, 0.5) is 26.3 Å². The first-order valence-corrected chi connectivity index (χ1v) is 9.09. The first-order valence-electron chi connectivity index (χ1n) is 9.09. The summed E-state index contributed by atoms with van der Waals surface area (Å²) >= 11 is 0. The van der Waals surface area contributed by atoms with Gasteiger partial charge in [-0.2, -0.15) is 26.3 Å². The molecular weight excluding hydrogens is 440 g/mol. The number of nitrogens with one attached hydrogen (secondary N) is 1. The molecule has 32 heavy (non-hydrogen) atoms. The second kappa shape index (κ2) is 8.48. The Bertz CT molecular complexity index is 1140. The number of halogens is 6. The summed E-state index contributed by atoms with van der Waals surface area (Å²) in [6.07, 6.45) is -10.4. The molecule has 1 heterocycles. The quantitative estimate of drug-likeness (QED) is 0.569. The van der Waals surface area contributed by atoms with Gasteiger partial charge >= 0.3 is 12.4 Å². The molecule has 0 saturated carbocycles. The zero-order chi connectivity index (χ0) is 23.7. The number of rotatable bonds is 5. The molecule has 1 aromatic heterocycles. The van der Waals surface area contributed by atoms with E-state index in [0.717, 1.165) is 5.39 Å². The highest BCUT2D eigenvalue weighted by molar-refractivity contribution is 5.97. The number of nitrogens with two attached hydrogens (primary N) is 1. The van der Waals surface area contributed by atoms with Gasteiger partial charge in [0.15, 0.2) is 0 Å². The van der Waals surface area contributed by atoms with E-state index in [1.54, 1.807) is 36.4 Å². The van der Waals surface area contributed by atoms with E-state index in [2.05, 4.69) is 10.3 Å². The maximum atomic E-state index is 13.0. The van der Waals surface area contributed by atoms with Crippen molar-refractivity contribution in [2.75, 3.05) is 0 Å². The minimum atomic E-state index is -5.12. The van der Waals surface area contributed by atoms with Crippen molar-refractivity contribution in [3.05, 3.63) is 77.0 Å². The lowest BCUT2D eigenvalue weighted by Crippen LogP contribution is -2.46. The minimum absolute atomic E-state index is 0.0959. The van der Waals surface area contributed by atoms with Gasteiger partial charge in [0.1, 0.15) is 6.04 Å². The van der Waals surface area contributed by atoms with Crippen molar-refractivity contribution in [2.24, 2.45) is 5.73 Å². The zero-order valence-electron chi connectivity index (χ0n) is 16.1. The monoisotopic (exact) mass is 455 g/mol.